The molecule has 188 valence electrons. The number of hydrazone groups is 1. The predicted molar refractivity (Wildman–Crippen MR) is 136 cm³/mol. The smallest absolute Gasteiger partial charge is 0.260 e. The lowest BCUT2D eigenvalue weighted by atomic mass is 9.95. The molecule has 0 radical (unpaired) electrons. The Kier molecular flexibility index (Phi) is 9.50. The Hall–Kier alpha value is -3.11. The van der Waals surface area contributed by atoms with Gasteiger partial charge in [-0.25, -0.2) is 13.8 Å². The van der Waals surface area contributed by atoms with Crippen LogP contribution >= 0.6 is 11.6 Å². The van der Waals surface area contributed by atoms with Crippen molar-refractivity contribution in [3.63, 3.8) is 0 Å². The van der Waals surface area contributed by atoms with E-state index in [1.165, 1.54) is 18.7 Å². The topological polar surface area (TPSA) is 117 Å². The van der Waals surface area contributed by atoms with Gasteiger partial charge in [0.05, 0.1) is 23.2 Å². The number of carbonyl (C=O) groups is 2. The Morgan fingerprint density at radius 3 is 2.43 bits per heavy atom. The molecule has 0 unspecified atom stereocenters. The summed E-state index contributed by atoms with van der Waals surface area (Å²) in [6, 6.07) is 13.4. The van der Waals surface area contributed by atoms with Crippen LogP contribution in [-0.2, 0) is 19.6 Å². The van der Waals surface area contributed by atoms with E-state index >= 15 is 0 Å². The highest BCUT2D eigenvalue weighted by Gasteiger charge is 2.22. The van der Waals surface area contributed by atoms with Crippen molar-refractivity contribution in [3.05, 3.63) is 59.1 Å². The molecule has 3 rings (SSSR count). The van der Waals surface area contributed by atoms with Crippen molar-refractivity contribution < 1.29 is 22.7 Å². The van der Waals surface area contributed by atoms with Crippen LogP contribution in [0.1, 0.15) is 37.7 Å². The van der Waals surface area contributed by atoms with Crippen molar-refractivity contribution in [1.29, 1.82) is 0 Å². The van der Waals surface area contributed by atoms with Crippen LogP contribution in [0, 0.1) is 0 Å². The minimum atomic E-state index is -3.74. The lowest BCUT2D eigenvalue weighted by molar-refractivity contribution is -0.124. The van der Waals surface area contributed by atoms with Gasteiger partial charge in [-0.3, -0.25) is 13.9 Å². The third-order valence-corrected chi connectivity index (χ3v) is 6.88. The van der Waals surface area contributed by atoms with Crippen molar-refractivity contribution in [3.8, 4) is 5.75 Å². The molecule has 0 atom stereocenters. The van der Waals surface area contributed by atoms with Gasteiger partial charge in [0.15, 0.2) is 6.61 Å². The van der Waals surface area contributed by atoms with Gasteiger partial charge in [0.1, 0.15) is 12.3 Å². The second-order valence-electron chi connectivity index (χ2n) is 8.27. The van der Waals surface area contributed by atoms with Crippen LogP contribution in [-0.4, -0.2) is 51.9 Å². The molecule has 11 heteroatoms. The van der Waals surface area contributed by atoms with E-state index in [4.69, 9.17) is 16.3 Å². The SMILES string of the molecule is CS(=O)(=O)N(CC(=O)N/N=C\c1ccc(OCC(=O)NC2CCCCC2)cc1)c1ccccc1Cl. The average Bonchev–Trinajstić information content (AvgIpc) is 2.82. The molecule has 0 aliphatic heterocycles. The van der Waals surface area contributed by atoms with E-state index in [9.17, 15) is 18.0 Å². The van der Waals surface area contributed by atoms with Crippen molar-refractivity contribution in [1.82, 2.24) is 10.7 Å². The van der Waals surface area contributed by atoms with Gasteiger partial charge in [0.2, 0.25) is 10.0 Å². The predicted octanol–water partition coefficient (Wildman–Crippen LogP) is 3.08. The maximum absolute atomic E-state index is 12.3. The first-order chi connectivity index (χ1) is 16.7. The van der Waals surface area contributed by atoms with Gasteiger partial charge < -0.3 is 10.1 Å². The highest BCUT2D eigenvalue weighted by Crippen LogP contribution is 2.26. The standard InChI is InChI=1S/C24H29ClN4O5S/c1-35(32,33)29(22-10-6-5-9-21(22)25)16-23(30)28-26-15-18-11-13-20(14-12-18)34-17-24(31)27-19-7-3-2-4-8-19/h5-6,9-15,19H,2-4,7-8,16-17H2,1H3,(H,27,31)(H,28,30)/b26-15-. The number of amides is 2. The summed E-state index contributed by atoms with van der Waals surface area (Å²) in [4.78, 5) is 24.3. The fourth-order valence-corrected chi connectivity index (χ4v) is 4.85. The highest BCUT2D eigenvalue weighted by molar-refractivity contribution is 7.92. The fourth-order valence-electron chi connectivity index (χ4n) is 3.69. The summed E-state index contributed by atoms with van der Waals surface area (Å²) in [6.45, 7) is -0.530. The van der Waals surface area contributed by atoms with E-state index in [0.717, 1.165) is 36.2 Å². The van der Waals surface area contributed by atoms with Crippen LogP contribution in [0.15, 0.2) is 53.6 Å². The Labute approximate surface area is 210 Å². The molecule has 0 heterocycles. The maximum atomic E-state index is 12.3. The molecule has 0 spiro atoms. The van der Waals surface area contributed by atoms with Gasteiger partial charge in [0.25, 0.3) is 11.8 Å². The molecule has 1 aliphatic carbocycles. The number of nitrogens with zero attached hydrogens (tertiary/aromatic N) is 2. The van der Waals surface area contributed by atoms with E-state index < -0.39 is 22.5 Å². The van der Waals surface area contributed by atoms with Gasteiger partial charge in [-0.15, -0.1) is 0 Å². The number of rotatable bonds is 10. The number of nitrogens with one attached hydrogen (secondary N) is 2. The van der Waals surface area contributed by atoms with Crippen LogP contribution in [0.4, 0.5) is 5.69 Å². The number of ether oxygens (including phenoxy) is 1. The quantitative estimate of drug-likeness (QED) is 0.369. The minimum absolute atomic E-state index is 0.0533. The lowest BCUT2D eigenvalue weighted by Gasteiger charge is -2.22. The van der Waals surface area contributed by atoms with Gasteiger partial charge in [-0.2, -0.15) is 5.10 Å². The van der Waals surface area contributed by atoms with Crippen molar-refractivity contribution >= 4 is 45.3 Å². The van der Waals surface area contributed by atoms with E-state index in [1.807, 2.05) is 0 Å². The van der Waals surface area contributed by atoms with E-state index in [2.05, 4.69) is 15.8 Å². The molecule has 1 aliphatic rings. The molecule has 0 bridgehead atoms. The second-order valence-corrected chi connectivity index (χ2v) is 10.6. The summed E-state index contributed by atoms with van der Waals surface area (Å²) in [7, 11) is -3.74. The molecule has 9 nitrogen and oxygen atoms in total. The van der Waals surface area contributed by atoms with E-state index in [-0.39, 0.29) is 29.3 Å². The molecule has 0 saturated heterocycles. The Morgan fingerprint density at radius 2 is 1.77 bits per heavy atom. The molecule has 1 saturated carbocycles. The number of sulfonamides is 1. The normalized spacial score (nSPS) is 14.5. The molecule has 0 aromatic heterocycles. The third-order valence-electron chi connectivity index (χ3n) is 5.43. The van der Waals surface area contributed by atoms with Crippen molar-refractivity contribution in [2.24, 2.45) is 5.10 Å². The Balaban J connectivity index is 1.47. The summed E-state index contributed by atoms with van der Waals surface area (Å²) < 4.78 is 30.8. The van der Waals surface area contributed by atoms with Crippen LogP contribution in [0.3, 0.4) is 0 Å². The summed E-state index contributed by atoms with van der Waals surface area (Å²) in [5.41, 5.74) is 3.20. The third kappa shape index (κ3) is 8.56. The van der Waals surface area contributed by atoms with E-state index in [1.54, 1.807) is 42.5 Å². The first-order valence-corrected chi connectivity index (χ1v) is 13.5. The van der Waals surface area contributed by atoms with Gasteiger partial charge >= 0.3 is 0 Å². The molecule has 1 fully saturated rings. The van der Waals surface area contributed by atoms with Crippen molar-refractivity contribution in [2.75, 3.05) is 23.7 Å². The van der Waals surface area contributed by atoms with Gasteiger partial charge in [-0.05, 0) is 54.8 Å². The van der Waals surface area contributed by atoms with Crippen LogP contribution < -0.4 is 19.8 Å². The Bertz CT molecular complexity index is 1150. The lowest BCUT2D eigenvalue weighted by Crippen LogP contribution is -2.39. The second kappa shape index (κ2) is 12.6. The highest BCUT2D eigenvalue weighted by atomic mass is 35.5. The maximum Gasteiger partial charge on any atom is 0.260 e. The average molecular weight is 521 g/mol. The zero-order valence-electron chi connectivity index (χ0n) is 19.4. The number of para-hydroxylation sites is 1. The molecule has 2 N–H and O–H groups in total. The van der Waals surface area contributed by atoms with Gasteiger partial charge in [-0.1, -0.05) is 43.0 Å². The molecular formula is C24H29ClN4O5S. The summed E-state index contributed by atoms with van der Waals surface area (Å²) in [5, 5.41) is 7.09. The van der Waals surface area contributed by atoms with Crippen LogP contribution in [0.25, 0.3) is 0 Å². The largest absolute Gasteiger partial charge is 0.484 e. The zero-order valence-corrected chi connectivity index (χ0v) is 21.0. The first-order valence-electron chi connectivity index (χ1n) is 11.3. The Morgan fingerprint density at radius 1 is 1.09 bits per heavy atom. The number of benzene rings is 2. The molecule has 35 heavy (non-hydrogen) atoms. The summed E-state index contributed by atoms with van der Waals surface area (Å²) in [5.74, 6) is -0.228. The molecular weight excluding hydrogens is 492 g/mol. The number of anilines is 1. The zero-order chi connectivity index (χ0) is 25.3. The number of hydrogen-bond donors (Lipinski definition) is 2. The summed E-state index contributed by atoms with van der Waals surface area (Å²) in [6.07, 6.45) is 7.96. The van der Waals surface area contributed by atoms with E-state index in [0.29, 0.717) is 11.3 Å². The summed E-state index contributed by atoms with van der Waals surface area (Å²) >= 11 is 6.09. The monoisotopic (exact) mass is 520 g/mol. The van der Waals surface area contributed by atoms with Crippen molar-refractivity contribution in [2.45, 2.75) is 38.1 Å². The van der Waals surface area contributed by atoms with Crippen LogP contribution in [0.2, 0.25) is 5.02 Å². The molecule has 2 amide bonds. The first kappa shape index (κ1) is 26.5. The minimum Gasteiger partial charge on any atom is -0.484 e. The fraction of sp³-hybridized carbons (Fsp3) is 0.375. The molecule has 2 aromatic carbocycles. The number of carbonyl (C=O) groups excluding carboxylic acids is 2. The van der Waals surface area contributed by atoms with Gasteiger partial charge in [0, 0.05) is 6.04 Å². The number of hydrogen-bond acceptors (Lipinski definition) is 6. The number of halogens is 1. The van der Waals surface area contributed by atoms with Crippen LogP contribution in [0.5, 0.6) is 5.75 Å². The molecule has 2 aromatic rings.